The summed E-state index contributed by atoms with van der Waals surface area (Å²) < 4.78 is 23.1. The van der Waals surface area contributed by atoms with E-state index in [1.165, 1.54) is 0 Å². The van der Waals surface area contributed by atoms with Crippen molar-refractivity contribution in [3.8, 4) is 11.5 Å². The van der Waals surface area contributed by atoms with Crippen LogP contribution in [0.3, 0.4) is 0 Å². The molecular formula is C25H30N2O5. The van der Waals surface area contributed by atoms with Crippen molar-refractivity contribution in [1.82, 2.24) is 4.90 Å². The van der Waals surface area contributed by atoms with Gasteiger partial charge in [-0.15, -0.1) is 0 Å². The number of fused-ring (bicyclic) bond motifs is 1. The molecule has 7 heteroatoms. The molecule has 1 N–H and O–H groups in total. The number of carbonyl (C=O) groups is 1. The van der Waals surface area contributed by atoms with Gasteiger partial charge in [0.2, 0.25) is 0 Å². The van der Waals surface area contributed by atoms with Gasteiger partial charge in [0.05, 0.1) is 24.9 Å². The summed E-state index contributed by atoms with van der Waals surface area (Å²) in [7, 11) is 1.64. The van der Waals surface area contributed by atoms with E-state index in [0.29, 0.717) is 30.2 Å². The number of nitrogens with one attached hydrogen (secondary N) is 1. The van der Waals surface area contributed by atoms with E-state index in [-0.39, 0.29) is 24.3 Å². The molecule has 3 unspecified atom stereocenters. The molecule has 0 saturated carbocycles. The van der Waals surface area contributed by atoms with E-state index in [1.807, 2.05) is 47.4 Å². The van der Waals surface area contributed by atoms with Crippen LogP contribution < -0.4 is 14.8 Å². The summed E-state index contributed by atoms with van der Waals surface area (Å²) in [5.74, 6) is 1.34. The number of anilines is 1. The summed E-state index contributed by atoms with van der Waals surface area (Å²) in [4.78, 5) is 15.3. The molecule has 170 valence electrons. The van der Waals surface area contributed by atoms with Gasteiger partial charge in [0.15, 0.2) is 11.5 Å². The first-order chi connectivity index (χ1) is 15.7. The number of hydrogen-bond donors (Lipinski definition) is 1. The van der Waals surface area contributed by atoms with Gasteiger partial charge in [0.1, 0.15) is 12.8 Å². The van der Waals surface area contributed by atoms with Crippen LogP contribution in [0.1, 0.15) is 47.8 Å². The highest BCUT2D eigenvalue weighted by Crippen LogP contribution is 2.37. The van der Waals surface area contributed by atoms with Crippen molar-refractivity contribution in [2.45, 2.75) is 44.1 Å². The molecule has 2 aromatic rings. The fourth-order valence-electron chi connectivity index (χ4n) is 4.68. The molecule has 0 aromatic heterocycles. The minimum Gasteiger partial charge on any atom is -0.493 e. The summed E-state index contributed by atoms with van der Waals surface area (Å²) in [6, 6.07) is 13.5. The third-order valence-electron chi connectivity index (χ3n) is 6.40. The molecule has 2 aromatic carbocycles. The quantitative estimate of drug-likeness (QED) is 0.705. The zero-order chi connectivity index (χ0) is 21.9. The van der Waals surface area contributed by atoms with Gasteiger partial charge in [-0.25, -0.2) is 0 Å². The maximum absolute atomic E-state index is 13.4. The number of ether oxygens (including phenoxy) is 4. The van der Waals surface area contributed by atoms with Gasteiger partial charge in [-0.2, -0.15) is 0 Å². The second-order valence-electron chi connectivity index (χ2n) is 8.54. The molecule has 0 radical (unpaired) electrons. The Labute approximate surface area is 188 Å². The van der Waals surface area contributed by atoms with E-state index in [4.69, 9.17) is 18.9 Å². The lowest BCUT2D eigenvalue weighted by Crippen LogP contribution is -2.46. The van der Waals surface area contributed by atoms with Crippen molar-refractivity contribution in [2.24, 2.45) is 0 Å². The number of benzene rings is 2. The molecule has 3 heterocycles. The summed E-state index contributed by atoms with van der Waals surface area (Å²) in [5.41, 5.74) is 2.46. The van der Waals surface area contributed by atoms with Crippen molar-refractivity contribution >= 4 is 11.6 Å². The monoisotopic (exact) mass is 438 g/mol. The zero-order valence-corrected chi connectivity index (χ0v) is 18.4. The topological polar surface area (TPSA) is 69.3 Å². The van der Waals surface area contributed by atoms with E-state index in [2.05, 4.69) is 5.32 Å². The predicted octanol–water partition coefficient (Wildman–Crippen LogP) is 4.00. The van der Waals surface area contributed by atoms with Gasteiger partial charge >= 0.3 is 0 Å². The van der Waals surface area contributed by atoms with Gasteiger partial charge < -0.3 is 29.2 Å². The minimum absolute atomic E-state index is 0.0116. The highest BCUT2D eigenvalue weighted by molar-refractivity contribution is 6.01. The van der Waals surface area contributed by atoms with E-state index < -0.39 is 0 Å². The van der Waals surface area contributed by atoms with E-state index in [1.54, 1.807) is 7.11 Å². The maximum Gasteiger partial charge on any atom is 0.257 e. The van der Waals surface area contributed by atoms with Crippen molar-refractivity contribution in [3.05, 3.63) is 53.6 Å². The van der Waals surface area contributed by atoms with E-state index in [9.17, 15) is 4.79 Å². The van der Waals surface area contributed by atoms with Crippen LogP contribution >= 0.6 is 0 Å². The average molecular weight is 439 g/mol. The molecule has 3 aliphatic rings. The van der Waals surface area contributed by atoms with Crippen LogP contribution in [0.4, 0.5) is 5.69 Å². The third kappa shape index (κ3) is 4.27. The Morgan fingerprint density at radius 3 is 2.56 bits per heavy atom. The molecule has 0 aliphatic carbocycles. The molecule has 32 heavy (non-hydrogen) atoms. The number of para-hydroxylation sites is 1. The Morgan fingerprint density at radius 2 is 1.81 bits per heavy atom. The highest BCUT2D eigenvalue weighted by Gasteiger charge is 2.35. The van der Waals surface area contributed by atoms with E-state index in [0.717, 1.165) is 50.1 Å². The van der Waals surface area contributed by atoms with Crippen LogP contribution in [-0.4, -0.2) is 56.5 Å². The van der Waals surface area contributed by atoms with Crippen LogP contribution in [0.2, 0.25) is 0 Å². The van der Waals surface area contributed by atoms with Crippen LogP contribution in [0.25, 0.3) is 0 Å². The molecule has 0 bridgehead atoms. The molecule has 3 atom stereocenters. The minimum atomic E-state index is -0.317. The zero-order valence-electron chi connectivity index (χ0n) is 18.4. The second kappa shape index (κ2) is 9.38. The first kappa shape index (κ1) is 21.1. The fraction of sp³-hybridized carbons (Fsp3) is 0.480. The molecule has 7 nitrogen and oxygen atoms in total. The normalized spacial score (nSPS) is 24.8. The van der Waals surface area contributed by atoms with Gasteiger partial charge in [0.25, 0.3) is 5.91 Å². The van der Waals surface area contributed by atoms with Crippen LogP contribution in [-0.2, 0) is 9.47 Å². The Hall–Kier alpha value is -2.77. The summed E-state index contributed by atoms with van der Waals surface area (Å²) in [5, 5.41) is 3.55. The Balaban J connectivity index is 1.41. The lowest BCUT2D eigenvalue weighted by Gasteiger charge is -2.39. The number of carbonyl (C=O) groups excluding carboxylic acids is 1. The van der Waals surface area contributed by atoms with Crippen LogP contribution in [0, 0.1) is 0 Å². The third-order valence-corrected chi connectivity index (χ3v) is 6.40. The lowest BCUT2D eigenvalue weighted by molar-refractivity contribution is 0.0426. The first-order valence-electron chi connectivity index (χ1n) is 11.4. The molecule has 3 aliphatic heterocycles. The maximum atomic E-state index is 13.4. The number of rotatable bonds is 7. The van der Waals surface area contributed by atoms with Crippen molar-refractivity contribution < 1.29 is 23.7 Å². The van der Waals surface area contributed by atoms with Crippen molar-refractivity contribution in [1.29, 1.82) is 0 Å². The number of nitrogens with zero attached hydrogens (tertiary/aromatic N) is 1. The number of amides is 1. The SMILES string of the molecule is COc1cc(C2Nc3ccccc3C(=O)N2CC2CCCO2)ccc1OCC1CCCO1. The molecular weight excluding hydrogens is 408 g/mol. The largest absolute Gasteiger partial charge is 0.493 e. The smallest absolute Gasteiger partial charge is 0.257 e. The van der Waals surface area contributed by atoms with Gasteiger partial charge in [-0.1, -0.05) is 18.2 Å². The van der Waals surface area contributed by atoms with Gasteiger partial charge in [0, 0.05) is 25.4 Å². The van der Waals surface area contributed by atoms with Gasteiger partial charge in [-0.05, 0) is 55.5 Å². The van der Waals surface area contributed by atoms with Crippen LogP contribution in [0.5, 0.6) is 11.5 Å². The van der Waals surface area contributed by atoms with Crippen molar-refractivity contribution in [3.63, 3.8) is 0 Å². The fourth-order valence-corrected chi connectivity index (χ4v) is 4.68. The lowest BCUT2D eigenvalue weighted by atomic mass is 10.0. The van der Waals surface area contributed by atoms with Crippen LogP contribution in [0.15, 0.2) is 42.5 Å². The summed E-state index contributed by atoms with van der Waals surface area (Å²) in [6.07, 6.45) is 3.98. The Morgan fingerprint density at radius 1 is 1.03 bits per heavy atom. The standard InChI is InChI=1S/C25H30N2O5/c1-29-23-14-17(10-11-22(23)32-16-19-7-5-13-31-19)24-26-21-9-3-2-8-20(21)25(28)27(24)15-18-6-4-12-30-18/h2-3,8-11,14,18-19,24,26H,4-7,12-13,15-16H2,1H3. The first-order valence-corrected chi connectivity index (χ1v) is 11.4. The molecule has 2 saturated heterocycles. The average Bonchev–Trinajstić information content (AvgIpc) is 3.54. The predicted molar refractivity (Wildman–Crippen MR) is 120 cm³/mol. The number of methoxy groups -OCH3 is 1. The Kier molecular flexibility index (Phi) is 6.19. The molecule has 2 fully saturated rings. The molecule has 0 spiro atoms. The second-order valence-corrected chi connectivity index (χ2v) is 8.54. The van der Waals surface area contributed by atoms with E-state index >= 15 is 0 Å². The highest BCUT2D eigenvalue weighted by atomic mass is 16.5. The molecule has 5 rings (SSSR count). The molecule has 1 amide bonds. The Bertz CT molecular complexity index is 953. The van der Waals surface area contributed by atoms with Gasteiger partial charge in [-0.3, -0.25) is 4.79 Å². The summed E-state index contributed by atoms with van der Waals surface area (Å²) in [6.45, 7) is 2.61. The van der Waals surface area contributed by atoms with Crippen molar-refractivity contribution in [2.75, 3.05) is 38.8 Å². The summed E-state index contributed by atoms with van der Waals surface area (Å²) >= 11 is 0. The number of hydrogen-bond acceptors (Lipinski definition) is 6.